The van der Waals surface area contributed by atoms with Crippen molar-refractivity contribution in [3.63, 3.8) is 0 Å². The lowest BCUT2D eigenvalue weighted by Crippen LogP contribution is -1.99. The molecule has 0 N–H and O–H groups in total. The van der Waals surface area contributed by atoms with Crippen LogP contribution in [-0.2, 0) is 0 Å². The van der Waals surface area contributed by atoms with Crippen molar-refractivity contribution in [3.8, 4) is 11.5 Å². The van der Waals surface area contributed by atoms with Crippen molar-refractivity contribution in [1.82, 2.24) is 28.7 Å². The van der Waals surface area contributed by atoms with Crippen LogP contribution in [0, 0.1) is 0 Å². The van der Waals surface area contributed by atoms with Crippen LogP contribution in [0.3, 0.4) is 0 Å². The van der Waals surface area contributed by atoms with E-state index in [0.29, 0.717) is 23.3 Å². The van der Waals surface area contributed by atoms with Crippen LogP contribution in [0.1, 0.15) is 50.7 Å². The second-order valence-corrected chi connectivity index (χ2v) is 11.3. The van der Waals surface area contributed by atoms with Crippen LogP contribution < -0.4 is 4.74 Å². The van der Waals surface area contributed by atoms with E-state index in [1.807, 2.05) is 36.9 Å². The number of rotatable bonds is 4. The highest BCUT2D eigenvalue weighted by Crippen LogP contribution is 2.37. The fourth-order valence-electron chi connectivity index (χ4n) is 6.27. The summed E-state index contributed by atoms with van der Waals surface area (Å²) in [5, 5.41) is 4.20. The van der Waals surface area contributed by atoms with Crippen LogP contribution in [0.25, 0.3) is 54.9 Å². The van der Waals surface area contributed by atoms with Crippen LogP contribution in [0.4, 0.5) is 0 Å². The summed E-state index contributed by atoms with van der Waals surface area (Å²) in [4.78, 5) is 19.2. The van der Waals surface area contributed by atoms with Crippen molar-refractivity contribution >= 4 is 54.9 Å². The molecule has 2 aromatic carbocycles. The van der Waals surface area contributed by atoms with Gasteiger partial charge in [-0.2, -0.15) is 0 Å². The average Bonchev–Trinajstić information content (AvgIpc) is 3.68. The van der Waals surface area contributed by atoms with Gasteiger partial charge in [0.25, 0.3) is 0 Å². The van der Waals surface area contributed by atoms with Crippen molar-refractivity contribution in [2.45, 2.75) is 39.5 Å². The Hall–Kier alpha value is -5.04. The van der Waals surface area contributed by atoms with Crippen molar-refractivity contribution in [1.29, 1.82) is 0 Å². The Balaban J connectivity index is 1.32. The van der Waals surface area contributed by atoms with Gasteiger partial charge in [-0.3, -0.25) is 18.8 Å². The first kappa shape index (κ1) is 23.8. The molecule has 8 aromatic rings. The number of fused-ring (bicyclic) bond motifs is 12. The molecule has 0 aliphatic heterocycles. The van der Waals surface area contributed by atoms with E-state index in [9.17, 15) is 0 Å². The first-order chi connectivity index (χ1) is 20.0. The predicted molar refractivity (Wildman–Crippen MR) is 164 cm³/mol. The molecule has 0 bridgehead atoms. The molecule has 8 rings (SSSR count). The van der Waals surface area contributed by atoms with Crippen LogP contribution in [-0.4, -0.2) is 28.7 Å². The minimum Gasteiger partial charge on any atom is -0.454 e. The van der Waals surface area contributed by atoms with Crippen LogP contribution in [0.15, 0.2) is 85.7 Å². The molecule has 0 spiro atoms. The smallest absolute Gasteiger partial charge is 0.146 e. The summed E-state index contributed by atoms with van der Waals surface area (Å²) >= 11 is 0. The predicted octanol–water partition coefficient (Wildman–Crippen LogP) is 8.42. The minimum atomic E-state index is 0.357. The number of hydrogen-bond donors (Lipinski definition) is 0. The Morgan fingerprint density at radius 3 is 1.51 bits per heavy atom. The maximum Gasteiger partial charge on any atom is 0.146 e. The first-order valence-corrected chi connectivity index (χ1v) is 14.0. The van der Waals surface area contributed by atoms with Gasteiger partial charge in [-0.05, 0) is 47.2 Å². The molecule has 41 heavy (non-hydrogen) atoms. The number of hydrogen-bond acceptors (Lipinski definition) is 5. The first-order valence-electron chi connectivity index (χ1n) is 14.0. The molecule has 0 aliphatic rings. The maximum absolute atomic E-state index is 6.43. The standard InChI is InChI=1S/C34H28N6O/c1-19(2)23-7-5-9-27-29(23)31-25(33-35-11-13-39(27)33)15-21(17-37-31)41-22-16-26-32(38-18-22)30-24(20(3)4)8-6-10-28(30)40-14-12-36-34(26)40/h5-20H,1-4H3. The molecular formula is C34H28N6O. The SMILES string of the molecule is CC(C)c1cccc2c1c1ncc(Oc3cnc4c(c3)c3nccn3c3cccc(C(C)C)c43)cc1c1nccn21. The molecule has 0 saturated heterocycles. The van der Waals surface area contributed by atoms with E-state index in [1.165, 1.54) is 11.1 Å². The second-order valence-electron chi connectivity index (χ2n) is 11.3. The fourth-order valence-corrected chi connectivity index (χ4v) is 6.27. The van der Waals surface area contributed by atoms with Gasteiger partial charge in [0.05, 0.1) is 34.5 Å². The van der Waals surface area contributed by atoms with Crippen LogP contribution >= 0.6 is 0 Å². The molecule has 0 aliphatic carbocycles. The molecule has 7 nitrogen and oxygen atoms in total. The summed E-state index contributed by atoms with van der Waals surface area (Å²) in [7, 11) is 0. The molecule has 200 valence electrons. The Morgan fingerprint density at radius 1 is 0.610 bits per heavy atom. The highest BCUT2D eigenvalue weighted by molar-refractivity contribution is 6.12. The Bertz CT molecular complexity index is 2150. The molecule has 0 saturated carbocycles. The number of aromatic nitrogens is 6. The number of benzene rings is 2. The van der Waals surface area contributed by atoms with Crippen molar-refractivity contribution in [2.75, 3.05) is 0 Å². The zero-order valence-electron chi connectivity index (χ0n) is 23.3. The molecule has 0 radical (unpaired) electrons. The van der Waals surface area contributed by atoms with Gasteiger partial charge in [0, 0.05) is 46.3 Å². The summed E-state index contributed by atoms with van der Waals surface area (Å²) < 4.78 is 10.7. The molecule has 6 aromatic heterocycles. The molecule has 0 amide bonds. The topological polar surface area (TPSA) is 69.6 Å². The summed E-state index contributed by atoms with van der Waals surface area (Å²) in [5.41, 5.74) is 8.31. The number of ether oxygens (including phenoxy) is 1. The Labute approximate surface area is 236 Å². The lowest BCUT2D eigenvalue weighted by Gasteiger charge is -2.16. The van der Waals surface area contributed by atoms with Gasteiger partial charge in [-0.1, -0.05) is 52.0 Å². The van der Waals surface area contributed by atoms with Gasteiger partial charge < -0.3 is 4.74 Å². The van der Waals surface area contributed by atoms with Gasteiger partial charge in [-0.25, -0.2) is 9.97 Å². The zero-order valence-corrected chi connectivity index (χ0v) is 23.3. The monoisotopic (exact) mass is 536 g/mol. The molecule has 0 atom stereocenters. The summed E-state index contributed by atoms with van der Waals surface area (Å²) in [6.45, 7) is 8.86. The van der Waals surface area contributed by atoms with Gasteiger partial charge >= 0.3 is 0 Å². The quantitative estimate of drug-likeness (QED) is 0.211. The van der Waals surface area contributed by atoms with Gasteiger partial charge in [0.15, 0.2) is 0 Å². The Kier molecular flexibility index (Phi) is 5.07. The maximum atomic E-state index is 6.43. The summed E-state index contributed by atoms with van der Waals surface area (Å²) in [5.74, 6) is 1.98. The summed E-state index contributed by atoms with van der Waals surface area (Å²) in [6, 6.07) is 16.9. The fraction of sp³-hybridized carbons (Fsp3) is 0.176. The average molecular weight is 537 g/mol. The number of pyridine rings is 4. The highest BCUT2D eigenvalue weighted by Gasteiger charge is 2.18. The number of imidazole rings is 2. The van der Waals surface area contributed by atoms with Gasteiger partial charge in [0.1, 0.15) is 22.8 Å². The molecule has 0 unspecified atom stereocenters. The number of nitrogens with zero attached hydrogens (tertiary/aromatic N) is 6. The van der Waals surface area contributed by atoms with Gasteiger partial charge in [-0.15, -0.1) is 0 Å². The minimum absolute atomic E-state index is 0.357. The van der Waals surface area contributed by atoms with E-state index in [4.69, 9.17) is 14.7 Å². The third-order valence-corrected chi connectivity index (χ3v) is 8.11. The van der Waals surface area contributed by atoms with Gasteiger partial charge in [0.2, 0.25) is 0 Å². The van der Waals surface area contributed by atoms with Crippen molar-refractivity contribution in [2.24, 2.45) is 0 Å². The third-order valence-electron chi connectivity index (χ3n) is 8.11. The molecule has 6 heterocycles. The molecule has 7 heteroatoms. The summed E-state index contributed by atoms with van der Waals surface area (Å²) in [6.07, 6.45) is 11.3. The Morgan fingerprint density at radius 2 is 1.07 bits per heavy atom. The lowest BCUT2D eigenvalue weighted by atomic mass is 9.96. The van der Waals surface area contributed by atoms with E-state index >= 15 is 0 Å². The largest absolute Gasteiger partial charge is 0.454 e. The van der Waals surface area contributed by atoms with E-state index < -0.39 is 0 Å². The van der Waals surface area contributed by atoms with E-state index in [0.717, 1.165) is 54.9 Å². The third kappa shape index (κ3) is 3.45. The highest BCUT2D eigenvalue weighted by atomic mass is 16.5. The zero-order chi connectivity index (χ0) is 27.8. The van der Waals surface area contributed by atoms with Crippen molar-refractivity contribution < 1.29 is 4.74 Å². The van der Waals surface area contributed by atoms with Crippen molar-refractivity contribution in [3.05, 3.63) is 96.8 Å². The van der Waals surface area contributed by atoms with Crippen LogP contribution in [0.2, 0.25) is 0 Å². The molecule has 0 fully saturated rings. The second kappa shape index (κ2) is 8.73. The van der Waals surface area contributed by atoms with Crippen LogP contribution in [0.5, 0.6) is 11.5 Å². The molecular weight excluding hydrogens is 508 g/mol. The van der Waals surface area contributed by atoms with E-state index in [2.05, 4.69) is 82.9 Å². The normalized spacial score (nSPS) is 12.3. The van der Waals surface area contributed by atoms with E-state index in [1.54, 1.807) is 12.4 Å². The van der Waals surface area contributed by atoms with E-state index in [-0.39, 0.29) is 0 Å². The lowest BCUT2D eigenvalue weighted by molar-refractivity contribution is 0.480.